The van der Waals surface area contributed by atoms with Crippen LogP contribution in [0.15, 0.2) is 30.5 Å². The molecule has 18 heavy (non-hydrogen) atoms. The number of aromatic amines is 1. The Hall–Kier alpha value is -2.88. The van der Waals surface area contributed by atoms with Crippen molar-refractivity contribution in [1.82, 2.24) is 15.4 Å². The molecule has 1 amide bonds. The SMILES string of the molecule is N#CCOc1cccc(NC(=O)c2cn[nH]n2)c1. The molecule has 0 saturated carbocycles. The van der Waals surface area contributed by atoms with Crippen molar-refractivity contribution < 1.29 is 9.53 Å². The van der Waals surface area contributed by atoms with E-state index in [9.17, 15) is 4.79 Å². The molecule has 0 aliphatic carbocycles. The van der Waals surface area contributed by atoms with Crippen LogP contribution in [0.5, 0.6) is 5.75 Å². The van der Waals surface area contributed by atoms with Gasteiger partial charge >= 0.3 is 0 Å². The number of H-pyrrole nitrogens is 1. The molecule has 0 aliphatic heterocycles. The molecule has 0 unspecified atom stereocenters. The van der Waals surface area contributed by atoms with Crippen LogP contribution < -0.4 is 10.1 Å². The van der Waals surface area contributed by atoms with Gasteiger partial charge in [0.1, 0.15) is 11.8 Å². The zero-order chi connectivity index (χ0) is 12.8. The Labute approximate surface area is 102 Å². The summed E-state index contributed by atoms with van der Waals surface area (Å²) in [6, 6.07) is 8.60. The van der Waals surface area contributed by atoms with Gasteiger partial charge < -0.3 is 10.1 Å². The highest BCUT2D eigenvalue weighted by molar-refractivity contribution is 6.02. The van der Waals surface area contributed by atoms with Crippen LogP contribution in [0, 0.1) is 11.3 Å². The van der Waals surface area contributed by atoms with Gasteiger partial charge in [-0.05, 0) is 12.1 Å². The minimum absolute atomic E-state index is 0.0410. The van der Waals surface area contributed by atoms with E-state index in [0.29, 0.717) is 11.4 Å². The predicted molar refractivity (Wildman–Crippen MR) is 61.9 cm³/mol. The standard InChI is InChI=1S/C11H9N5O2/c12-4-5-18-9-3-1-2-8(6-9)14-11(17)10-7-13-16-15-10/h1-3,6-7H,5H2,(H,14,17)(H,13,15,16). The lowest BCUT2D eigenvalue weighted by atomic mass is 10.3. The lowest BCUT2D eigenvalue weighted by Gasteiger charge is -2.05. The third kappa shape index (κ3) is 2.82. The second-order valence-electron chi connectivity index (χ2n) is 3.28. The van der Waals surface area contributed by atoms with Crippen molar-refractivity contribution in [3.8, 4) is 11.8 Å². The van der Waals surface area contributed by atoms with Crippen molar-refractivity contribution in [3.63, 3.8) is 0 Å². The number of carbonyl (C=O) groups is 1. The average Bonchev–Trinajstić information content (AvgIpc) is 2.91. The topological polar surface area (TPSA) is 104 Å². The van der Waals surface area contributed by atoms with Crippen LogP contribution in [0.2, 0.25) is 0 Å². The first-order valence-corrected chi connectivity index (χ1v) is 5.06. The smallest absolute Gasteiger partial charge is 0.277 e. The molecular formula is C11H9N5O2. The zero-order valence-electron chi connectivity index (χ0n) is 9.25. The normalized spacial score (nSPS) is 9.50. The second kappa shape index (κ2) is 5.45. The van der Waals surface area contributed by atoms with E-state index in [2.05, 4.69) is 20.7 Å². The van der Waals surface area contributed by atoms with Gasteiger partial charge in [-0.2, -0.15) is 20.7 Å². The summed E-state index contributed by atoms with van der Waals surface area (Å²) in [4.78, 5) is 11.7. The molecule has 1 aromatic heterocycles. The molecule has 2 rings (SSSR count). The lowest BCUT2D eigenvalue weighted by molar-refractivity contribution is 0.102. The third-order valence-corrected chi connectivity index (χ3v) is 2.04. The molecule has 7 heteroatoms. The minimum atomic E-state index is -0.374. The molecule has 2 N–H and O–H groups in total. The molecule has 0 atom stereocenters. The summed E-state index contributed by atoms with van der Waals surface area (Å²) in [5.41, 5.74) is 0.747. The van der Waals surface area contributed by atoms with Gasteiger partial charge in [0, 0.05) is 11.8 Å². The molecule has 0 saturated heterocycles. The van der Waals surface area contributed by atoms with E-state index in [-0.39, 0.29) is 18.2 Å². The number of nitrogens with one attached hydrogen (secondary N) is 2. The van der Waals surface area contributed by atoms with Crippen LogP contribution in [-0.2, 0) is 0 Å². The fraction of sp³-hybridized carbons (Fsp3) is 0.0909. The van der Waals surface area contributed by atoms with Crippen molar-refractivity contribution in [2.45, 2.75) is 0 Å². The average molecular weight is 243 g/mol. The molecule has 90 valence electrons. The first-order valence-electron chi connectivity index (χ1n) is 5.06. The third-order valence-electron chi connectivity index (χ3n) is 2.04. The summed E-state index contributed by atoms with van der Waals surface area (Å²) in [6.07, 6.45) is 1.32. The number of anilines is 1. The van der Waals surface area contributed by atoms with Gasteiger partial charge in [-0.25, -0.2) is 0 Å². The molecule has 1 heterocycles. The summed E-state index contributed by atoms with van der Waals surface area (Å²) in [7, 11) is 0. The monoisotopic (exact) mass is 243 g/mol. The van der Waals surface area contributed by atoms with Crippen LogP contribution >= 0.6 is 0 Å². The van der Waals surface area contributed by atoms with Gasteiger partial charge in [0.2, 0.25) is 0 Å². The Bertz CT molecular complexity index is 573. The van der Waals surface area contributed by atoms with Crippen LogP contribution in [0.3, 0.4) is 0 Å². The van der Waals surface area contributed by atoms with E-state index >= 15 is 0 Å². The van der Waals surface area contributed by atoms with Crippen LogP contribution in [-0.4, -0.2) is 27.9 Å². The van der Waals surface area contributed by atoms with Crippen molar-refractivity contribution in [2.24, 2.45) is 0 Å². The second-order valence-corrected chi connectivity index (χ2v) is 3.28. The van der Waals surface area contributed by atoms with E-state index in [1.807, 2.05) is 6.07 Å². The Kier molecular flexibility index (Phi) is 3.51. The van der Waals surface area contributed by atoms with Gasteiger partial charge in [0.15, 0.2) is 12.3 Å². The molecule has 0 fully saturated rings. The number of ether oxygens (including phenoxy) is 1. The molecule has 0 aliphatic rings. The maximum Gasteiger partial charge on any atom is 0.277 e. The first kappa shape index (κ1) is 11.6. The number of aromatic nitrogens is 3. The molecule has 0 bridgehead atoms. The highest BCUT2D eigenvalue weighted by Crippen LogP contribution is 2.17. The van der Waals surface area contributed by atoms with Crippen molar-refractivity contribution in [2.75, 3.05) is 11.9 Å². The van der Waals surface area contributed by atoms with Gasteiger partial charge in [0.05, 0.1) is 6.20 Å². The number of hydrogen-bond acceptors (Lipinski definition) is 5. The molecule has 0 radical (unpaired) electrons. The van der Waals surface area contributed by atoms with Gasteiger partial charge in [-0.3, -0.25) is 4.79 Å². The van der Waals surface area contributed by atoms with Crippen LogP contribution in [0.4, 0.5) is 5.69 Å². The Morgan fingerprint density at radius 3 is 3.17 bits per heavy atom. The fourth-order valence-electron chi connectivity index (χ4n) is 1.29. The summed E-state index contributed by atoms with van der Waals surface area (Å²) in [6.45, 7) is -0.0410. The minimum Gasteiger partial charge on any atom is -0.479 e. The number of amides is 1. The lowest BCUT2D eigenvalue weighted by Crippen LogP contribution is -2.12. The maximum absolute atomic E-state index is 11.7. The number of nitriles is 1. The Morgan fingerprint density at radius 1 is 1.56 bits per heavy atom. The largest absolute Gasteiger partial charge is 0.479 e. The van der Waals surface area contributed by atoms with Gasteiger partial charge in [-0.1, -0.05) is 6.07 Å². The number of benzene rings is 1. The summed E-state index contributed by atoms with van der Waals surface area (Å²) in [5, 5.41) is 20.6. The van der Waals surface area contributed by atoms with Crippen molar-refractivity contribution >= 4 is 11.6 Å². The zero-order valence-corrected chi connectivity index (χ0v) is 9.25. The van der Waals surface area contributed by atoms with Crippen molar-refractivity contribution in [1.29, 1.82) is 5.26 Å². The van der Waals surface area contributed by atoms with E-state index in [4.69, 9.17) is 10.00 Å². The van der Waals surface area contributed by atoms with Crippen molar-refractivity contribution in [3.05, 3.63) is 36.2 Å². The first-order chi connectivity index (χ1) is 8.79. The number of hydrogen-bond donors (Lipinski definition) is 2. The van der Waals surface area contributed by atoms with Gasteiger partial charge in [0.25, 0.3) is 5.91 Å². The number of carbonyl (C=O) groups excluding carboxylic acids is 1. The highest BCUT2D eigenvalue weighted by atomic mass is 16.5. The summed E-state index contributed by atoms with van der Waals surface area (Å²) >= 11 is 0. The summed E-state index contributed by atoms with van der Waals surface area (Å²) < 4.78 is 5.12. The summed E-state index contributed by atoms with van der Waals surface area (Å²) in [5.74, 6) is 0.135. The molecule has 7 nitrogen and oxygen atoms in total. The Morgan fingerprint density at radius 2 is 2.44 bits per heavy atom. The predicted octanol–water partition coefficient (Wildman–Crippen LogP) is 0.959. The van der Waals surface area contributed by atoms with E-state index < -0.39 is 0 Å². The quantitative estimate of drug-likeness (QED) is 0.832. The fourth-order valence-corrected chi connectivity index (χ4v) is 1.29. The van der Waals surface area contributed by atoms with E-state index in [0.717, 1.165) is 0 Å². The Balaban J connectivity index is 2.05. The molecular weight excluding hydrogens is 234 g/mol. The highest BCUT2D eigenvalue weighted by Gasteiger charge is 2.08. The van der Waals surface area contributed by atoms with Crippen LogP contribution in [0.25, 0.3) is 0 Å². The van der Waals surface area contributed by atoms with Crippen LogP contribution in [0.1, 0.15) is 10.5 Å². The van der Waals surface area contributed by atoms with Gasteiger partial charge in [-0.15, -0.1) is 0 Å². The molecule has 1 aromatic carbocycles. The number of rotatable bonds is 4. The molecule has 0 spiro atoms. The van der Waals surface area contributed by atoms with E-state index in [1.165, 1.54) is 6.20 Å². The number of nitrogens with zero attached hydrogens (tertiary/aromatic N) is 3. The van der Waals surface area contributed by atoms with E-state index in [1.54, 1.807) is 24.3 Å². The maximum atomic E-state index is 11.7. The molecule has 2 aromatic rings.